The molecule has 1 N–H and O–H groups in total. The topological polar surface area (TPSA) is 96.0 Å². The Morgan fingerprint density at radius 1 is 0.878 bits per heavy atom. The van der Waals surface area contributed by atoms with Crippen LogP contribution in [0.2, 0.25) is 0 Å². The summed E-state index contributed by atoms with van der Waals surface area (Å²) < 4.78 is 32.4. The van der Waals surface area contributed by atoms with Crippen LogP contribution in [0.25, 0.3) is 0 Å². The molecule has 9 heteroatoms. The molecule has 3 aromatic rings. The van der Waals surface area contributed by atoms with E-state index in [2.05, 4.69) is 5.32 Å². The van der Waals surface area contributed by atoms with Crippen molar-refractivity contribution < 1.29 is 22.7 Å². The van der Waals surface area contributed by atoms with E-state index in [1.807, 2.05) is 60.7 Å². The van der Waals surface area contributed by atoms with Gasteiger partial charge in [0.1, 0.15) is 18.3 Å². The van der Waals surface area contributed by atoms with E-state index in [1.54, 1.807) is 24.3 Å². The highest BCUT2D eigenvalue weighted by molar-refractivity contribution is 7.92. The predicted molar refractivity (Wildman–Crippen MR) is 161 cm³/mol. The summed E-state index contributed by atoms with van der Waals surface area (Å²) in [6, 6.07) is 24.9. The summed E-state index contributed by atoms with van der Waals surface area (Å²) in [7, 11) is -2.42. The number of sulfonamides is 1. The first kappa shape index (κ1) is 30.1. The number of para-hydroxylation sites is 2. The van der Waals surface area contributed by atoms with Crippen LogP contribution in [0.4, 0.5) is 5.69 Å². The Labute approximate surface area is 243 Å². The lowest BCUT2D eigenvalue weighted by atomic mass is 9.94. The van der Waals surface area contributed by atoms with Crippen molar-refractivity contribution in [1.82, 2.24) is 10.2 Å². The zero-order valence-corrected chi connectivity index (χ0v) is 24.6. The molecule has 3 aromatic carbocycles. The number of nitrogens with one attached hydrogen (secondary N) is 1. The van der Waals surface area contributed by atoms with Crippen molar-refractivity contribution in [2.24, 2.45) is 0 Å². The summed E-state index contributed by atoms with van der Waals surface area (Å²) in [5.41, 5.74) is 2.01. The van der Waals surface area contributed by atoms with Crippen LogP contribution in [0.5, 0.6) is 5.75 Å². The number of ether oxygens (including phenoxy) is 1. The number of carbonyl (C=O) groups is 2. The Bertz CT molecular complexity index is 1390. The van der Waals surface area contributed by atoms with Crippen LogP contribution in [-0.4, -0.2) is 57.1 Å². The van der Waals surface area contributed by atoms with Gasteiger partial charge in [-0.3, -0.25) is 13.9 Å². The van der Waals surface area contributed by atoms with E-state index in [0.717, 1.165) is 53.8 Å². The van der Waals surface area contributed by atoms with Crippen LogP contribution in [0.15, 0.2) is 84.9 Å². The average molecular weight is 578 g/mol. The fourth-order valence-electron chi connectivity index (χ4n) is 5.31. The molecule has 1 aliphatic rings. The maximum atomic E-state index is 14.2. The first-order chi connectivity index (χ1) is 19.8. The molecule has 0 saturated heterocycles. The number of nitrogens with zero attached hydrogens (tertiary/aromatic N) is 2. The second kappa shape index (κ2) is 14.2. The molecule has 0 aliphatic heterocycles. The number of rotatable bonds is 12. The molecule has 1 aliphatic carbocycles. The van der Waals surface area contributed by atoms with Crippen LogP contribution >= 0.6 is 0 Å². The van der Waals surface area contributed by atoms with E-state index in [4.69, 9.17) is 4.74 Å². The van der Waals surface area contributed by atoms with Crippen LogP contribution in [-0.2, 0) is 32.6 Å². The number of methoxy groups -OCH3 is 1. The van der Waals surface area contributed by atoms with Crippen molar-refractivity contribution in [2.45, 2.75) is 57.2 Å². The first-order valence-corrected chi connectivity index (χ1v) is 15.9. The Morgan fingerprint density at radius 2 is 1.46 bits per heavy atom. The van der Waals surface area contributed by atoms with Crippen molar-refractivity contribution in [2.75, 3.05) is 24.2 Å². The standard InChI is InChI=1S/C32H39N3O5S/c1-40-30-21-13-12-20-28(30)35(41(2,38)39)24-31(36)34(23-26-16-8-4-9-17-26)29(22-25-14-6-3-7-15-25)32(37)33-27-18-10-5-11-19-27/h3-4,6-9,12-17,20-21,27,29H,5,10-11,18-19,22-24H2,1-2H3,(H,33,37)/t29-/m0/s1. The van der Waals surface area contributed by atoms with Gasteiger partial charge in [0.2, 0.25) is 21.8 Å². The minimum Gasteiger partial charge on any atom is -0.495 e. The summed E-state index contributed by atoms with van der Waals surface area (Å²) in [5.74, 6) is -0.380. The number of benzene rings is 3. The van der Waals surface area contributed by atoms with Gasteiger partial charge in [0.05, 0.1) is 19.1 Å². The zero-order valence-electron chi connectivity index (χ0n) is 23.7. The number of carbonyl (C=O) groups excluding carboxylic acids is 2. The summed E-state index contributed by atoms with van der Waals surface area (Å²) in [6.07, 6.45) is 6.45. The Morgan fingerprint density at radius 3 is 2.07 bits per heavy atom. The molecule has 8 nitrogen and oxygen atoms in total. The van der Waals surface area contributed by atoms with Gasteiger partial charge < -0.3 is 15.0 Å². The highest BCUT2D eigenvalue weighted by Gasteiger charge is 2.34. The molecule has 2 amide bonds. The van der Waals surface area contributed by atoms with Gasteiger partial charge in [-0.2, -0.15) is 0 Å². The maximum Gasteiger partial charge on any atom is 0.244 e. The van der Waals surface area contributed by atoms with Crippen LogP contribution in [0, 0.1) is 0 Å². The second-order valence-corrected chi connectivity index (χ2v) is 12.4. The molecule has 1 atom stereocenters. The average Bonchev–Trinajstić information content (AvgIpc) is 2.98. The fraction of sp³-hybridized carbons (Fsp3) is 0.375. The van der Waals surface area contributed by atoms with Crippen LogP contribution < -0.4 is 14.4 Å². The molecule has 4 rings (SSSR count). The van der Waals surface area contributed by atoms with E-state index in [1.165, 1.54) is 12.0 Å². The highest BCUT2D eigenvalue weighted by atomic mass is 32.2. The van der Waals surface area contributed by atoms with Gasteiger partial charge in [-0.1, -0.05) is 92.1 Å². The number of hydrogen-bond acceptors (Lipinski definition) is 5. The molecule has 0 radical (unpaired) electrons. The third kappa shape index (κ3) is 8.33. The summed E-state index contributed by atoms with van der Waals surface area (Å²) in [5, 5.41) is 3.21. The van der Waals surface area contributed by atoms with Gasteiger partial charge in [0.25, 0.3) is 0 Å². The largest absolute Gasteiger partial charge is 0.495 e. The smallest absolute Gasteiger partial charge is 0.244 e. The lowest BCUT2D eigenvalue weighted by Gasteiger charge is -2.35. The lowest BCUT2D eigenvalue weighted by molar-refractivity contribution is -0.140. The second-order valence-electron chi connectivity index (χ2n) is 10.5. The number of amides is 2. The van der Waals surface area contributed by atoms with Crippen molar-refractivity contribution in [3.8, 4) is 5.75 Å². The van der Waals surface area contributed by atoms with Crippen LogP contribution in [0.3, 0.4) is 0 Å². The first-order valence-electron chi connectivity index (χ1n) is 14.0. The van der Waals surface area contributed by atoms with Crippen LogP contribution in [0.1, 0.15) is 43.2 Å². The van der Waals surface area contributed by atoms with Gasteiger partial charge in [0, 0.05) is 19.0 Å². The van der Waals surface area contributed by atoms with Crippen molar-refractivity contribution in [3.63, 3.8) is 0 Å². The highest BCUT2D eigenvalue weighted by Crippen LogP contribution is 2.30. The molecular weight excluding hydrogens is 538 g/mol. The van der Waals surface area contributed by atoms with E-state index in [-0.39, 0.29) is 24.2 Å². The fourth-order valence-corrected chi connectivity index (χ4v) is 6.16. The molecule has 0 heterocycles. The van der Waals surface area contributed by atoms with E-state index < -0.39 is 28.5 Å². The van der Waals surface area contributed by atoms with E-state index in [0.29, 0.717) is 12.2 Å². The molecule has 0 bridgehead atoms. The molecule has 218 valence electrons. The zero-order chi connectivity index (χ0) is 29.2. The number of hydrogen-bond donors (Lipinski definition) is 1. The molecule has 0 aromatic heterocycles. The van der Waals surface area contributed by atoms with Gasteiger partial charge in [-0.05, 0) is 36.1 Å². The van der Waals surface area contributed by atoms with E-state index >= 15 is 0 Å². The van der Waals surface area contributed by atoms with Gasteiger partial charge in [0.15, 0.2) is 0 Å². The van der Waals surface area contributed by atoms with Crippen molar-refractivity contribution in [3.05, 3.63) is 96.1 Å². The molecule has 0 spiro atoms. The monoisotopic (exact) mass is 577 g/mol. The Kier molecular flexibility index (Phi) is 10.4. The van der Waals surface area contributed by atoms with Gasteiger partial charge in [-0.15, -0.1) is 0 Å². The third-order valence-electron chi connectivity index (χ3n) is 7.45. The molecule has 1 saturated carbocycles. The van der Waals surface area contributed by atoms with Crippen molar-refractivity contribution in [1.29, 1.82) is 0 Å². The summed E-state index contributed by atoms with van der Waals surface area (Å²) in [6.45, 7) is -0.327. The SMILES string of the molecule is COc1ccccc1N(CC(=O)N(Cc1ccccc1)[C@@H](Cc1ccccc1)C(=O)NC1CCCCC1)S(C)(=O)=O. The Hall–Kier alpha value is -3.85. The van der Waals surface area contributed by atoms with Gasteiger partial charge in [-0.25, -0.2) is 8.42 Å². The minimum atomic E-state index is -3.87. The molecule has 0 unspecified atom stereocenters. The quantitative estimate of drug-likeness (QED) is 0.341. The molecular formula is C32H39N3O5S. The predicted octanol–water partition coefficient (Wildman–Crippen LogP) is 4.55. The Balaban J connectivity index is 1.72. The normalized spacial score (nSPS) is 14.6. The minimum absolute atomic E-state index is 0.0595. The van der Waals surface area contributed by atoms with Crippen molar-refractivity contribution >= 4 is 27.5 Å². The summed E-state index contributed by atoms with van der Waals surface area (Å²) >= 11 is 0. The van der Waals surface area contributed by atoms with Gasteiger partial charge >= 0.3 is 0 Å². The maximum absolute atomic E-state index is 14.2. The summed E-state index contributed by atoms with van der Waals surface area (Å²) in [4.78, 5) is 29.7. The molecule has 1 fully saturated rings. The molecule has 41 heavy (non-hydrogen) atoms. The van der Waals surface area contributed by atoms with E-state index in [9.17, 15) is 18.0 Å². The third-order valence-corrected chi connectivity index (χ3v) is 8.58. The number of anilines is 1. The lowest BCUT2D eigenvalue weighted by Crippen LogP contribution is -2.55.